The predicted octanol–water partition coefficient (Wildman–Crippen LogP) is 3.11. The largest absolute Gasteiger partial charge is 0.352 e. The van der Waals surface area contributed by atoms with Crippen molar-refractivity contribution in [2.45, 2.75) is 32.4 Å². The first-order chi connectivity index (χ1) is 13.5. The molecule has 0 bridgehead atoms. The number of piperidine rings is 1. The second-order valence-corrected chi connectivity index (χ2v) is 7.29. The highest BCUT2D eigenvalue weighted by molar-refractivity contribution is 5.85. The Morgan fingerprint density at radius 2 is 1.83 bits per heavy atom. The van der Waals surface area contributed by atoms with Gasteiger partial charge in [-0.25, -0.2) is 4.39 Å². The van der Waals surface area contributed by atoms with Gasteiger partial charge in [0.15, 0.2) is 0 Å². The Balaban J connectivity index is 0.00000300. The molecular weight excluding hydrogens is 393 g/mol. The molecule has 2 aromatic rings. The van der Waals surface area contributed by atoms with Crippen LogP contribution in [0.2, 0.25) is 0 Å². The number of nitrogens with zero attached hydrogens (tertiary/aromatic N) is 1. The van der Waals surface area contributed by atoms with E-state index in [-0.39, 0.29) is 36.0 Å². The Morgan fingerprint density at radius 3 is 2.45 bits per heavy atom. The third-order valence-corrected chi connectivity index (χ3v) is 5.31. The molecule has 3 rings (SSSR count). The summed E-state index contributed by atoms with van der Waals surface area (Å²) in [6, 6.07) is 13.6. The van der Waals surface area contributed by atoms with Gasteiger partial charge in [-0.3, -0.25) is 9.59 Å². The molecule has 0 radical (unpaired) electrons. The number of nitrogens with two attached hydrogens (primary N) is 1. The van der Waals surface area contributed by atoms with Crippen molar-refractivity contribution in [3.63, 3.8) is 0 Å². The molecule has 2 aromatic carbocycles. The average molecular weight is 420 g/mol. The van der Waals surface area contributed by atoms with Crippen molar-refractivity contribution in [1.82, 2.24) is 10.2 Å². The highest BCUT2D eigenvalue weighted by Crippen LogP contribution is 2.21. The Kier molecular flexibility index (Phi) is 8.17. The number of halogens is 2. The third-order valence-electron chi connectivity index (χ3n) is 5.31. The standard InChI is InChI=1S/C22H26FN3O2.ClH/c1-15-7-8-16(13-19(15)23)14-25-21(27)18-9-11-26(12-10-18)22(28)20(24)17-5-3-2-4-6-17;/h2-8,13,18,20H,9-12,14,24H2,1H3,(H,25,27);1H. The topological polar surface area (TPSA) is 75.4 Å². The summed E-state index contributed by atoms with van der Waals surface area (Å²) in [7, 11) is 0. The number of carbonyl (C=O) groups is 2. The van der Waals surface area contributed by atoms with Crippen molar-refractivity contribution in [3.8, 4) is 0 Å². The molecule has 29 heavy (non-hydrogen) atoms. The fourth-order valence-electron chi connectivity index (χ4n) is 3.44. The van der Waals surface area contributed by atoms with E-state index in [2.05, 4.69) is 5.32 Å². The summed E-state index contributed by atoms with van der Waals surface area (Å²) < 4.78 is 13.6. The number of hydrogen-bond donors (Lipinski definition) is 2. The fourth-order valence-corrected chi connectivity index (χ4v) is 3.44. The van der Waals surface area contributed by atoms with Crippen LogP contribution in [0, 0.1) is 18.7 Å². The van der Waals surface area contributed by atoms with E-state index in [9.17, 15) is 14.0 Å². The molecule has 2 amide bonds. The molecule has 1 aliphatic rings. The summed E-state index contributed by atoms with van der Waals surface area (Å²) >= 11 is 0. The molecule has 1 saturated heterocycles. The lowest BCUT2D eigenvalue weighted by Gasteiger charge is -2.33. The smallest absolute Gasteiger partial charge is 0.244 e. The summed E-state index contributed by atoms with van der Waals surface area (Å²) in [5, 5.41) is 2.87. The van der Waals surface area contributed by atoms with Crippen LogP contribution >= 0.6 is 12.4 Å². The molecule has 1 heterocycles. The second-order valence-electron chi connectivity index (χ2n) is 7.29. The van der Waals surface area contributed by atoms with Gasteiger partial charge in [0.1, 0.15) is 11.9 Å². The number of aryl methyl sites for hydroxylation is 1. The third kappa shape index (κ3) is 5.78. The molecule has 0 saturated carbocycles. The minimum atomic E-state index is -0.678. The highest BCUT2D eigenvalue weighted by atomic mass is 35.5. The van der Waals surface area contributed by atoms with Gasteiger partial charge in [0, 0.05) is 25.6 Å². The van der Waals surface area contributed by atoms with Crippen LogP contribution in [-0.4, -0.2) is 29.8 Å². The van der Waals surface area contributed by atoms with Crippen molar-refractivity contribution in [2.75, 3.05) is 13.1 Å². The van der Waals surface area contributed by atoms with E-state index in [0.717, 1.165) is 11.1 Å². The summed E-state index contributed by atoms with van der Waals surface area (Å²) in [5.74, 6) is -0.582. The summed E-state index contributed by atoms with van der Waals surface area (Å²) in [6.45, 7) is 3.03. The Hall–Kier alpha value is -2.44. The van der Waals surface area contributed by atoms with Crippen LogP contribution < -0.4 is 11.1 Å². The highest BCUT2D eigenvalue weighted by Gasteiger charge is 2.29. The Labute approximate surface area is 176 Å². The normalized spacial score (nSPS) is 15.3. The Bertz CT molecular complexity index is 839. The van der Waals surface area contributed by atoms with Gasteiger partial charge in [0.25, 0.3) is 0 Å². The van der Waals surface area contributed by atoms with Crippen LogP contribution in [-0.2, 0) is 16.1 Å². The van der Waals surface area contributed by atoms with Crippen LogP contribution in [0.4, 0.5) is 4.39 Å². The first-order valence-electron chi connectivity index (χ1n) is 9.57. The number of likely N-dealkylation sites (tertiary alicyclic amines) is 1. The molecule has 5 nitrogen and oxygen atoms in total. The van der Waals surface area contributed by atoms with Gasteiger partial charge in [0.05, 0.1) is 0 Å². The molecule has 3 N–H and O–H groups in total. The molecular formula is C22H27ClFN3O2. The fraction of sp³-hybridized carbons (Fsp3) is 0.364. The first-order valence-corrected chi connectivity index (χ1v) is 9.57. The van der Waals surface area contributed by atoms with Crippen molar-refractivity contribution >= 4 is 24.2 Å². The van der Waals surface area contributed by atoms with E-state index >= 15 is 0 Å². The van der Waals surface area contributed by atoms with E-state index in [0.29, 0.717) is 38.0 Å². The van der Waals surface area contributed by atoms with E-state index in [1.807, 2.05) is 36.4 Å². The van der Waals surface area contributed by atoms with Crippen LogP contribution in [0.15, 0.2) is 48.5 Å². The van der Waals surface area contributed by atoms with Crippen molar-refractivity contribution in [1.29, 1.82) is 0 Å². The lowest BCUT2D eigenvalue weighted by atomic mass is 9.94. The molecule has 1 atom stereocenters. The quantitative estimate of drug-likeness (QED) is 0.781. The van der Waals surface area contributed by atoms with Gasteiger partial charge >= 0.3 is 0 Å². The van der Waals surface area contributed by atoms with Gasteiger partial charge in [-0.2, -0.15) is 0 Å². The molecule has 7 heteroatoms. The zero-order valence-electron chi connectivity index (χ0n) is 16.4. The summed E-state index contributed by atoms with van der Waals surface area (Å²) in [4.78, 5) is 26.8. The molecule has 0 spiro atoms. The van der Waals surface area contributed by atoms with Gasteiger partial charge in [-0.05, 0) is 42.5 Å². The average Bonchev–Trinajstić information content (AvgIpc) is 2.74. The van der Waals surface area contributed by atoms with Crippen LogP contribution in [0.25, 0.3) is 0 Å². The predicted molar refractivity (Wildman–Crippen MR) is 113 cm³/mol. The minimum absolute atomic E-state index is 0. The zero-order valence-corrected chi connectivity index (χ0v) is 17.3. The van der Waals surface area contributed by atoms with Crippen LogP contribution in [0.5, 0.6) is 0 Å². The van der Waals surface area contributed by atoms with E-state index in [4.69, 9.17) is 5.73 Å². The van der Waals surface area contributed by atoms with E-state index in [1.165, 1.54) is 6.07 Å². The summed E-state index contributed by atoms with van der Waals surface area (Å²) in [6.07, 6.45) is 1.20. The van der Waals surface area contributed by atoms with Gasteiger partial charge < -0.3 is 16.0 Å². The molecule has 0 aliphatic carbocycles. The maximum atomic E-state index is 13.6. The van der Waals surface area contributed by atoms with Crippen molar-refractivity contribution in [2.24, 2.45) is 11.7 Å². The van der Waals surface area contributed by atoms with Crippen molar-refractivity contribution < 1.29 is 14.0 Å². The number of nitrogens with one attached hydrogen (secondary N) is 1. The molecule has 1 fully saturated rings. The number of amides is 2. The maximum Gasteiger partial charge on any atom is 0.244 e. The van der Waals surface area contributed by atoms with Crippen LogP contribution in [0.3, 0.4) is 0 Å². The van der Waals surface area contributed by atoms with Gasteiger partial charge in [0.2, 0.25) is 11.8 Å². The number of hydrogen-bond acceptors (Lipinski definition) is 3. The van der Waals surface area contributed by atoms with E-state index in [1.54, 1.807) is 17.9 Å². The monoisotopic (exact) mass is 419 g/mol. The number of rotatable bonds is 5. The van der Waals surface area contributed by atoms with Gasteiger partial charge in [-0.15, -0.1) is 12.4 Å². The lowest BCUT2D eigenvalue weighted by molar-refractivity contribution is -0.136. The first kappa shape index (κ1) is 22.8. The molecule has 1 aliphatic heterocycles. The second kappa shape index (κ2) is 10.4. The molecule has 0 aromatic heterocycles. The lowest BCUT2D eigenvalue weighted by Crippen LogP contribution is -2.46. The minimum Gasteiger partial charge on any atom is -0.352 e. The maximum absolute atomic E-state index is 13.6. The number of carbonyl (C=O) groups excluding carboxylic acids is 2. The van der Waals surface area contributed by atoms with Crippen LogP contribution in [0.1, 0.15) is 35.6 Å². The summed E-state index contributed by atoms with van der Waals surface area (Å²) in [5.41, 5.74) is 8.21. The van der Waals surface area contributed by atoms with Crippen molar-refractivity contribution in [3.05, 3.63) is 71.0 Å². The number of benzene rings is 2. The molecule has 156 valence electrons. The SMILES string of the molecule is Cc1ccc(CNC(=O)C2CCN(C(=O)C(N)c3ccccc3)CC2)cc1F.Cl. The van der Waals surface area contributed by atoms with E-state index < -0.39 is 6.04 Å². The Morgan fingerprint density at radius 1 is 1.17 bits per heavy atom. The molecule has 1 unspecified atom stereocenters. The van der Waals surface area contributed by atoms with Gasteiger partial charge in [-0.1, -0.05) is 42.5 Å². The zero-order chi connectivity index (χ0) is 20.1.